The summed E-state index contributed by atoms with van der Waals surface area (Å²) < 4.78 is 0. The van der Waals surface area contributed by atoms with E-state index < -0.39 is 0 Å². The first-order chi connectivity index (χ1) is 39.6. The Morgan fingerprint density at radius 1 is 0.198 bits per heavy atom. The number of hydrogen-bond donors (Lipinski definition) is 1. The van der Waals surface area contributed by atoms with Crippen LogP contribution in [0.4, 0.5) is 0 Å². The Bertz CT molecular complexity index is 4390. The van der Waals surface area contributed by atoms with Crippen molar-refractivity contribution in [2.24, 2.45) is 0 Å². The van der Waals surface area contributed by atoms with E-state index in [9.17, 15) is 0 Å². The van der Waals surface area contributed by atoms with Crippen molar-refractivity contribution < 1.29 is 31.1 Å². The maximum absolute atomic E-state index is 5.00. The number of nitrogens with zero attached hydrogens (tertiary/aromatic N) is 15. The molecule has 14 aromatic rings. The fraction of sp³-hybridized carbons (Fsp3) is 0. The third-order valence-corrected chi connectivity index (χ3v) is 14.7. The van der Waals surface area contributed by atoms with Gasteiger partial charge in [-0.3, -0.25) is 0 Å². The van der Waals surface area contributed by atoms with E-state index in [4.69, 9.17) is 74.8 Å². The van der Waals surface area contributed by atoms with Gasteiger partial charge in [0.2, 0.25) is 0 Å². The van der Waals surface area contributed by atoms with Crippen molar-refractivity contribution in [3.63, 3.8) is 0 Å². The molecular formula is C64H33N16U. The van der Waals surface area contributed by atoms with Crippen molar-refractivity contribution >= 4 is 88.3 Å². The zero-order valence-electron chi connectivity index (χ0n) is 42.2. The molecule has 16 bridgehead atoms. The molecule has 4 aliphatic heterocycles. The van der Waals surface area contributed by atoms with Gasteiger partial charge in [-0.2, -0.15) is 0 Å². The number of hydrogen-bond acceptors (Lipinski definition) is 12. The average Bonchev–Trinajstić information content (AvgIpc) is 4.53. The van der Waals surface area contributed by atoms with Crippen molar-refractivity contribution in [2.45, 2.75) is 0 Å². The van der Waals surface area contributed by atoms with Crippen molar-refractivity contribution in [1.82, 2.24) is 79.7 Å². The van der Waals surface area contributed by atoms with Crippen molar-refractivity contribution in [2.75, 3.05) is 0 Å². The van der Waals surface area contributed by atoms with Gasteiger partial charge in [0.1, 0.15) is 11.3 Å². The number of nitrogens with one attached hydrogen (secondary N) is 1. The minimum Gasteiger partial charge on any atom is -0.357 e. The van der Waals surface area contributed by atoms with Crippen LogP contribution in [-0.4, -0.2) is 64.8 Å². The summed E-state index contributed by atoms with van der Waals surface area (Å²) in [7, 11) is 0. The van der Waals surface area contributed by atoms with Crippen LogP contribution in [0.25, 0.3) is 179 Å². The van der Waals surface area contributed by atoms with Gasteiger partial charge >= 0.3 is 31.1 Å². The van der Waals surface area contributed by atoms with Gasteiger partial charge in [-0.05, 0) is 32.3 Å². The summed E-state index contributed by atoms with van der Waals surface area (Å²) in [4.78, 5) is 77.3. The first kappa shape index (κ1) is 46.6. The number of benzene rings is 8. The van der Waals surface area contributed by atoms with Crippen LogP contribution < -0.4 is 15.0 Å². The second-order valence-electron chi connectivity index (χ2n) is 19.4. The Hall–Kier alpha value is -10.5. The molecule has 0 unspecified atom stereocenters. The molecule has 0 aliphatic carbocycles. The van der Waals surface area contributed by atoms with E-state index in [0.717, 1.165) is 87.6 Å². The molecule has 18 rings (SSSR count). The summed E-state index contributed by atoms with van der Waals surface area (Å²) in [6.45, 7) is 0. The molecule has 0 amide bonds. The first-order valence-electron chi connectivity index (χ1n) is 25.8. The van der Waals surface area contributed by atoms with E-state index in [0.29, 0.717) is 91.8 Å². The van der Waals surface area contributed by atoms with Gasteiger partial charge in [0.15, 0.2) is 11.6 Å². The Kier molecular flexibility index (Phi) is 10.5. The minimum absolute atomic E-state index is 0. The predicted octanol–water partition coefficient (Wildman–Crippen LogP) is 12.6. The zero-order valence-corrected chi connectivity index (χ0v) is 46.3. The van der Waals surface area contributed by atoms with Crippen molar-refractivity contribution in [3.8, 4) is 91.1 Å². The number of aromatic amines is 1. The Balaban J connectivity index is 0.000000132. The van der Waals surface area contributed by atoms with Crippen molar-refractivity contribution in [3.05, 3.63) is 194 Å². The normalized spacial score (nSPS) is 11.9. The first-order valence-corrected chi connectivity index (χ1v) is 25.8. The Morgan fingerprint density at radius 3 is 0.580 bits per heavy atom. The molecule has 16 nitrogen and oxygen atoms in total. The van der Waals surface area contributed by atoms with Crippen LogP contribution in [-0.2, 0) is 0 Å². The monoisotopic (exact) mass is 1260 g/mol. The molecule has 0 saturated heterocycles. The van der Waals surface area contributed by atoms with Gasteiger partial charge in [0.05, 0.1) is 34.9 Å². The Morgan fingerprint density at radius 2 is 0.370 bits per heavy atom. The van der Waals surface area contributed by atoms with E-state index in [1.54, 1.807) is 0 Å². The van der Waals surface area contributed by atoms with Gasteiger partial charge in [0.25, 0.3) is 0 Å². The molecule has 17 heteroatoms. The fourth-order valence-corrected chi connectivity index (χ4v) is 11.0. The molecule has 6 aromatic heterocycles. The molecule has 0 spiro atoms. The largest absolute Gasteiger partial charge is 3.00 e. The summed E-state index contributed by atoms with van der Waals surface area (Å²) in [5.74, 6) is 4.51. The van der Waals surface area contributed by atoms with Crippen LogP contribution >= 0.6 is 0 Å². The third-order valence-electron chi connectivity index (χ3n) is 14.7. The van der Waals surface area contributed by atoms with E-state index in [1.807, 2.05) is 194 Å². The summed E-state index contributed by atoms with van der Waals surface area (Å²) in [6, 6.07) is 63.9. The summed E-state index contributed by atoms with van der Waals surface area (Å²) >= 11 is 0. The van der Waals surface area contributed by atoms with Gasteiger partial charge < -0.3 is 49.8 Å². The molecular weight excluding hydrogens is 1230 g/mol. The smallest absolute Gasteiger partial charge is 0.357 e. The molecule has 0 fully saturated rings. The summed E-state index contributed by atoms with van der Waals surface area (Å²) in [5, 5.41) is 7.27. The van der Waals surface area contributed by atoms with E-state index in [2.05, 4.69) is 4.98 Å². The number of fused-ring (bicyclic) bond motifs is 40. The fourth-order valence-electron chi connectivity index (χ4n) is 11.0. The third kappa shape index (κ3) is 7.51. The summed E-state index contributed by atoms with van der Waals surface area (Å²) in [6.07, 6.45) is 0. The van der Waals surface area contributed by atoms with Crippen LogP contribution in [0.2, 0.25) is 0 Å². The number of aromatic nitrogens is 16. The molecule has 10 heterocycles. The summed E-state index contributed by atoms with van der Waals surface area (Å²) in [5.41, 5.74) is 11.9. The van der Waals surface area contributed by atoms with Gasteiger partial charge in [-0.25, -0.2) is 29.9 Å². The predicted molar refractivity (Wildman–Crippen MR) is 309 cm³/mol. The molecule has 1 N–H and O–H groups in total. The van der Waals surface area contributed by atoms with Crippen LogP contribution in [0.5, 0.6) is 0 Å². The van der Waals surface area contributed by atoms with E-state index in [-0.39, 0.29) is 31.1 Å². The second-order valence-corrected chi connectivity index (χ2v) is 19.4. The standard InChI is InChI=1S/C32H17N8.C32H16N8.U/c2*1-2-10-18-17(9-1)25-33-26(18)38-28-21-13-5-6-14-22(21)30(35-28)40-32-24-16-8-7-15-23(24)31(36-32)39-29-20-12-4-3-11-19(20)27(34-29)37-25;/h1-16H,(H-,33,34,35,36,37,38,39,40);1-16H;/q-1;-2;+3. The minimum atomic E-state index is 0. The molecule has 1 radical (unpaired) electrons. The Labute approximate surface area is 481 Å². The number of rotatable bonds is 0. The van der Waals surface area contributed by atoms with Crippen LogP contribution in [0.1, 0.15) is 0 Å². The molecule has 81 heavy (non-hydrogen) atoms. The average molecular weight is 1260 g/mol. The van der Waals surface area contributed by atoms with Gasteiger partial charge in [0, 0.05) is 89.2 Å². The maximum atomic E-state index is 5.00. The zero-order chi connectivity index (χ0) is 52.4. The second kappa shape index (κ2) is 18.3. The van der Waals surface area contributed by atoms with Crippen LogP contribution in [0, 0.1) is 31.1 Å². The van der Waals surface area contributed by atoms with Crippen LogP contribution in [0.3, 0.4) is 0 Å². The molecule has 4 aliphatic rings. The molecule has 0 saturated carbocycles. The van der Waals surface area contributed by atoms with Crippen molar-refractivity contribution in [1.29, 1.82) is 0 Å². The number of H-pyrrole nitrogens is 1. The molecule has 0 atom stereocenters. The quantitative estimate of drug-likeness (QED) is 0.150. The molecule has 8 aromatic carbocycles. The van der Waals surface area contributed by atoms with E-state index in [1.165, 1.54) is 0 Å². The van der Waals surface area contributed by atoms with Crippen LogP contribution in [0.15, 0.2) is 194 Å². The van der Waals surface area contributed by atoms with Gasteiger partial charge in [-0.15, -0.1) is 0 Å². The maximum Gasteiger partial charge on any atom is 3.00 e. The molecule has 373 valence electrons. The topological polar surface area (TPSA) is 213 Å². The SMILES string of the molecule is [U+3].c1ccc2c(c1)-c1nc-2nc2[n-]c(nc3nc(nc4[n-]c(n1)c1ccccc41)-c1ccccc1-3)c1ccccc21.c1ccc2c(c1)-c1nc-2nc2[nH]c(nc3nc(nc4[n-]c(n1)c1ccccc41)-c1ccccc1-3)c1ccccc21. The van der Waals surface area contributed by atoms with E-state index >= 15 is 0 Å². The van der Waals surface area contributed by atoms with Gasteiger partial charge in [-0.1, -0.05) is 194 Å².